The van der Waals surface area contributed by atoms with Crippen LogP contribution >= 0.6 is 0 Å². The molecule has 2 nitrogen and oxygen atoms in total. The van der Waals surface area contributed by atoms with Gasteiger partial charge in [0.2, 0.25) is 0 Å². The maximum atomic E-state index is 9.51. The molecule has 2 heteroatoms. The van der Waals surface area contributed by atoms with Crippen molar-refractivity contribution < 1.29 is 5.11 Å². The van der Waals surface area contributed by atoms with Crippen molar-refractivity contribution in [3.8, 4) is 0 Å². The van der Waals surface area contributed by atoms with Crippen LogP contribution in [0, 0.1) is 11.8 Å². The highest BCUT2D eigenvalue weighted by Crippen LogP contribution is 2.43. The summed E-state index contributed by atoms with van der Waals surface area (Å²) in [5.74, 6) is 1.57. The predicted octanol–water partition coefficient (Wildman–Crippen LogP) is 2.27. The topological polar surface area (TPSA) is 32.3 Å². The van der Waals surface area contributed by atoms with Gasteiger partial charge in [-0.2, -0.15) is 0 Å². The maximum Gasteiger partial charge on any atom is 0.0626 e. The number of nitrogens with one attached hydrogen (secondary N) is 1. The Labute approximate surface area is 102 Å². The first-order chi connectivity index (χ1) is 8.38. The van der Waals surface area contributed by atoms with Gasteiger partial charge in [-0.05, 0) is 30.2 Å². The van der Waals surface area contributed by atoms with Crippen LogP contribution in [0.2, 0.25) is 0 Å². The van der Waals surface area contributed by atoms with Crippen molar-refractivity contribution >= 4 is 0 Å². The number of benzene rings is 1. The quantitative estimate of drug-likeness (QED) is 0.776. The number of aliphatic hydroxyl groups is 1. The third-order valence-corrected chi connectivity index (χ3v) is 4.16. The molecule has 0 radical (unpaired) electrons. The summed E-state index contributed by atoms with van der Waals surface area (Å²) in [6.45, 7) is 0.168. The Morgan fingerprint density at radius 3 is 2.82 bits per heavy atom. The molecular formula is C15H19NO. The van der Waals surface area contributed by atoms with E-state index < -0.39 is 0 Å². The molecule has 4 unspecified atom stereocenters. The van der Waals surface area contributed by atoms with Crippen LogP contribution in [0.25, 0.3) is 0 Å². The number of aliphatic hydroxyl groups excluding tert-OH is 1. The monoisotopic (exact) mass is 229 g/mol. The largest absolute Gasteiger partial charge is 0.394 e. The highest BCUT2D eigenvalue weighted by molar-refractivity contribution is 5.20. The molecule has 90 valence electrons. The van der Waals surface area contributed by atoms with Gasteiger partial charge in [0.05, 0.1) is 12.6 Å². The lowest BCUT2D eigenvalue weighted by molar-refractivity contribution is 0.129. The van der Waals surface area contributed by atoms with Gasteiger partial charge in [0.25, 0.3) is 0 Å². The second-order valence-corrected chi connectivity index (χ2v) is 5.16. The summed E-state index contributed by atoms with van der Waals surface area (Å²) >= 11 is 0. The first-order valence-corrected chi connectivity index (χ1v) is 6.47. The van der Waals surface area contributed by atoms with E-state index >= 15 is 0 Å². The molecule has 0 spiro atoms. The van der Waals surface area contributed by atoms with E-state index in [2.05, 4.69) is 29.6 Å². The highest BCUT2D eigenvalue weighted by Gasteiger charge is 2.41. The minimum atomic E-state index is 0.0798. The fraction of sp³-hybridized carbons (Fsp3) is 0.467. The van der Waals surface area contributed by atoms with Gasteiger partial charge in [-0.25, -0.2) is 0 Å². The zero-order valence-electron chi connectivity index (χ0n) is 9.92. The van der Waals surface area contributed by atoms with Gasteiger partial charge in [0.15, 0.2) is 0 Å². The van der Waals surface area contributed by atoms with Crippen LogP contribution in [0.5, 0.6) is 0 Å². The van der Waals surface area contributed by atoms with E-state index in [1.165, 1.54) is 18.4 Å². The number of hydrogen-bond donors (Lipinski definition) is 2. The fourth-order valence-corrected chi connectivity index (χ4v) is 3.11. The number of allylic oxidation sites excluding steroid dienone is 1. The van der Waals surface area contributed by atoms with Crippen molar-refractivity contribution in [2.24, 2.45) is 11.8 Å². The molecule has 17 heavy (non-hydrogen) atoms. The molecule has 0 amide bonds. The standard InChI is InChI=1S/C15H19NO/c17-10-15(11-5-2-1-3-6-11)16-14-9-12-7-4-8-13(12)14/h1-6,8,12-17H,7,9-10H2. The molecule has 1 aromatic rings. The molecule has 3 rings (SSSR count). The molecule has 2 N–H and O–H groups in total. The third-order valence-electron chi connectivity index (χ3n) is 4.16. The van der Waals surface area contributed by atoms with Crippen molar-refractivity contribution in [2.75, 3.05) is 6.61 Å². The summed E-state index contributed by atoms with van der Waals surface area (Å²) in [4.78, 5) is 0. The van der Waals surface area contributed by atoms with E-state index in [1.807, 2.05) is 18.2 Å². The predicted molar refractivity (Wildman–Crippen MR) is 68.5 cm³/mol. The van der Waals surface area contributed by atoms with Gasteiger partial charge in [-0.3, -0.25) is 0 Å². The lowest BCUT2D eigenvalue weighted by Gasteiger charge is -2.42. The number of hydrogen-bond acceptors (Lipinski definition) is 2. The van der Waals surface area contributed by atoms with Crippen molar-refractivity contribution in [2.45, 2.75) is 24.9 Å². The Kier molecular flexibility index (Phi) is 3.00. The van der Waals surface area contributed by atoms with E-state index in [-0.39, 0.29) is 12.6 Å². The first kappa shape index (κ1) is 11.0. The van der Waals surface area contributed by atoms with E-state index in [4.69, 9.17) is 0 Å². The van der Waals surface area contributed by atoms with Gasteiger partial charge >= 0.3 is 0 Å². The SMILES string of the molecule is OCC(NC1CC2CC=CC21)c1ccccc1. The summed E-state index contributed by atoms with van der Waals surface area (Å²) in [5, 5.41) is 13.1. The minimum Gasteiger partial charge on any atom is -0.394 e. The van der Waals surface area contributed by atoms with Gasteiger partial charge in [-0.1, -0.05) is 42.5 Å². The van der Waals surface area contributed by atoms with Crippen LogP contribution in [0.4, 0.5) is 0 Å². The molecule has 1 saturated carbocycles. The highest BCUT2D eigenvalue weighted by atomic mass is 16.3. The van der Waals surface area contributed by atoms with E-state index in [1.54, 1.807) is 0 Å². The van der Waals surface area contributed by atoms with Gasteiger partial charge < -0.3 is 10.4 Å². The summed E-state index contributed by atoms with van der Waals surface area (Å²) in [6.07, 6.45) is 7.14. The van der Waals surface area contributed by atoms with Crippen LogP contribution in [-0.2, 0) is 0 Å². The maximum absolute atomic E-state index is 9.51. The lowest BCUT2D eigenvalue weighted by Crippen LogP contribution is -2.49. The van der Waals surface area contributed by atoms with Crippen molar-refractivity contribution in [3.63, 3.8) is 0 Å². The van der Waals surface area contributed by atoms with Gasteiger partial charge in [0.1, 0.15) is 0 Å². The van der Waals surface area contributed by atoms with Crippen LogP contribution in [-0.4, -0.2) is 17.8 Å². The average molecular weight is 229 g/mol. The molecule has 2 aliphatic rings. The van der Waals surface area contributed by atoms with Crippen molar-refractivity contribution in [1.29, 1.82) is 0 Å². The zero-order valence-corrected chi connectivity index (χ0v) is 9.92. The number of rotatable bonds is 4. The molecular weight excluding hydrogens is 210 g/mol. The lowest BCUT2D eigenvalue weighted by atomic mass is 9.71. The smallest absolute Gasteiger partial charge is 0.0626 e. The molecule has 0 saturated heterocycles. The Morgan fingerprint density at radius 1 is 1.29 bits per heavy atom. The van der Waals surface area contributed by atoms with E-state index in [9.17, 15) is 5.11 Å². The van der Waals surface area contributed by atoms with Gasteiger partial charge in [-0.15, -0.1) is 0 Å². The van der Waals surface area contributed by atoms with Crippen molar-refractivity contribution in [3.05, 3.63) is 48.0 Å². The van der Waals surface area contributed by atoms with Crippen LogP contribution in [0.3, 0.4) is 0 Å². The Hall–Kier alpha value is -1.12. The molecule has 0 heterocycles. The van der Waals surface area contributed by atoms with Crippen LogP contribution in [0.15, 0.2) is 42.5 Å². The van der Waals surface area contributed by atoms with Crippen LogP contribution in [0.1, 0.15) is 24.4 Å². The second-order valence-electron chi connectivity index (χ2n) is 5.16. The molecule has 0 aliphatic heterocycles. The Morgan fingerprint density at radius 2 is 2.12 bits per heavy atom. The van der Waals surface area contributed by atoms with E-state index in [0.717, 1.165) is 5.92 Å². The van der Waals surface area contributed by atoms with Crippen LogP contribution < -0.4 is 5.32 Å². The Balaban J connectivity index is 1.65. The summed E-state index contributed by atoms with van der Waals surface area (Å²) in [7, 11) is 0. The van der Waals surface area contributed by atoms with Gasteiger partial charge in [0, 0.05) is 6.04 Å². The van der Waals surface area contributed by atoms with E-state index in [0.29, 0.717) is 12.0 Å². The summed E-state index contributed by atoms with van der Waals surface area (Å²) in [6, 6.07) is 10.9. The normalized spacial score (nSPS) is 31.9. The molecule has 1 aromatic carbocycles. The third kappa shape index (κ3) is 2.03. The minimum absolute atomic E-state index is 0.0798. The molecule has 0 bridgehead atoms. The molecule has 0 aromatic heterocycles. The zero-order chi connectivity index (χ0) is 11.7. The first-order valence-electron chi connectivity index (χ1n) is 6.47. The summed E-state index contributed by atoms with van der Waals surface area (Å²) < 4.78 is 0. The number of fused-ring (bicyclic) bond motifs is 1. The summed E-state index contributed by atoms with van der Waals surface area (Å²) in [5.41, 5.74) is 1.18. The molecule has 4 atom stereocenters. The fourth-order valence-electron chi connectivity index (χ4n) is 3.11. The molecule has 2 aliphatic carbocycles. The van der Waals surface area contributed by atoms with Crippen molar-refractivity contribution in [1.82, 2.24) is 5.32 Å². The Bertz CT molecular complexity index is 401. The second kappa shape index (κ2) is 4.63. The average Bonchev–Trinajstić information content (AvgIpc) is 2.73. The molecule has 1 fully saturated rings.